The molecule has 3 nitrogen and oxygen atoms in total. The lowest BCUT2D eigenvalue weighted by Crippen LogP contribution is -2.23. The molecule has 1 amide bonds. The molecule has 0 aliphatic carbocycles. The van der Waals surface area contributed by atoms with E-state index in [-0.39, 0.29) is 11.8 Å². The SMILES string of the molecule is CC(C)CC(CN)CC(=O)Nc1cccc2ccccc12. The van der Waals surface area contributed by atoms with Gasteiger partial charge in [-0.25, -0.2) is 0 Å². The molecule has 0 heterocycles. The smallest absolute Gasteiger partial charge is 0.224 e. The summed E-state index contributed by atoms with van der Waals surface area (Å²) < 4.78 is 0. The van der Waals surface area contributed by atoms with Crippen LogP contribution in [0.2, 0.25) is 0 Å². The molecule has 0 aliphatic rings. The maximum Gasteiger partial charge on any atom is 0.224 e. The molecule has 0 aromatic heterocycles. The predicted molar refractivity (Wildman–Crippen MR) is 89.2 cm³/mol. The first-order chi connectivity index (χ1) is 10.1. The topological polar surface area (TPSA) is 55.1 Å². The Balaban J connectivity index is 2.07. The summed E-state index contributed by atoms with van der Waals surface area (Å²) in [5, 5.41) is 5.23. The van der Waals surface area contributed by atoms with Crippen LogP contribution in [0, 0.1) is 11.8 Å². The molecule has 0 bridgehead atoms. The molecule has 0 spiro atoms. The fourth-order valence-electron chi connectivity index (χ4n) is 2.73. The molecule has 1 unspecified atom stereocenters. The second-order valence-electron chi connectivity index (χ2n) is 6.01. The highest BCUT2D eigenvalue weighted by molar-refractivity contribution is 6.02. The largest absolute Gasteiger partial charge is 0.330 e. The zero-order valence-corrected chi connectivity index (χ0v) is 12.8. The first kappa shape index (κ1) is 15.5. The number of anilines is 1. The molecule has 0 fully saturated rings. The van der Waals surface area contributed by atoms with Crippen LogP contribution in [-0.4, -0.2) is 12.5 Å². The predicted octanol–water partition coefficient (Wildman–Crippen LogP) is 3.79. The van der Waals surface area contributed by atoms with E-state index in [1.54, 1.807) is 0 Å². The fraction of sp³-hybridized carbons (Fsp3) is 0.389. The van der Waals surface area contributed by atoms with Crippen molar-refractivity contribution >= 4 is 22.4 Å². The number of nitrogens with one attached hydrogen (secondary N) is 1. The molecule has 21 heavy (non-hydrogen) atoms. The van der Waals surface area contributed by atoms with Gasteiger partial charge in [-0.15, -0.1) is 0 Å². The number of amides is 1. The van der Waals surface area contributed by atoms with Gasteiger partial charge in [-0.3, -0.25) is 4.79 Å². The number of fused-ring (bicyclic) bond motifs is 1. The van der Waals surface area contributed by atoms with Crippen molar-refractivity contribution in [3.63, 3.8) is 0 Å². The molecular weight excluding hydrogens is 260 g/mol. The Labute approximate surface area is 126 Å². The van der Waals surface area contributed by atoms with Gasteiger partial charge in [-0.1, -0.05) is 50.2 Å². The third kappa shape index (κ3) is 4.30. The first-order valence-electron chi connectivity index (χ1n) is 7.57. The van der Waals surface area contributed by atoms with E-state index >= 15 is 0 Å². The van der Waals surface area contributed by atoms with Gasteiger partial charge in [-0.2, -0.15) is 0 Å². The summed E-state index contributed by atoms with van der Waals surface area (Å²) in [6.45, 7) is 4.87. The van der Waals surface area contributed by atoms with Crippen LogP contribution in [0.1, 0.15) is 26.7 Å². The van der Waals surface area contributed by atoms with E-state index in [9.17, 15) is 4.79 Å². The quantitative estimate of drug-likeness (QED) is 0.848. The standard InChI is InChI=1S/C18H24N2O/c1-13(2)10-14(12-19)11-18(21)20-17-9-5-7-15-6-3-4-8-16(15)17/h3-9,13-14H,10-12,19H2,1-2H3,(H,20,21). The minimum absolute atomic E-state index is 0.0439. The summed E-state index contributed by atoms with van der Waals surface area (Å²) in [4.78, 5) is 12.2. The van der Waals surface area contributed by atoms with Gasteiger partial charge in [0.05, 0.1) is 0 Å². The Morgan fingerprint density at radius 3 is 2.57 bits per heavy atom. The van der Waals surface area contributed by atoms with Gasteiger partial charge in [0.25, 0.3) is 0 Å². The van der Waals surface area contributed by atoms with Gasteiger partial charge < -0.3 is 11.1 Å². The van der Waals surface area contributed by atoms with E-state index in [0.29, 0.717) is 18.9 Å². The Kier molecular flexibility index (Phi) is 5.34. The van der Waals surface area contributed by atoms with Crippen LogP contribution in [0.4, 0.5) is 5.69 Å². The number of carbonyl (C=O) groups excluding carboxylic acids is 1. The van der Waals surface area contributed by atoms with Crippen LogP contribution in [0.3, 0.4) is 0 Å². The van der Waals surface area contributed by atoms with Crippen molar-refractivity contribution in [2.75, 3.05) is 11.9 Å². The Morgan fingerprint density at radius 2 is 1.86 bits per heavy atom. The van der Waals surface area contributed by atoms with Crippen molar-refractivity contribution < 1.29 is 4.79 Å². The third-order valence-electron chi connectivity index (χ3n) is 3.68. The third-order valence-corrected chi connectivity index (χ3v) is 3.68. The highest BCUT2D eigenvalue weighted by atomic mass is 16.1. The summed E-state index contributed by atoms with van der Waals surface area (Å²) in [7, 11) is 0. The lowest BCUT2D eigenvalue weighted by atomic mass is 9.94. The van der Waals surface area contributed by atoms with E-state index in [1.807, 2.05) is 42.5 Å². The van der Waals surface area contributed by atoms with Crippen molar-refractivity contribution in [2.24, 2.45) is 17.6 Å². The number of hydrogen-bond acceptors (Lipinski definition) is 2. The van der Waals surface area contributed by atoms with Gasteiger partial charge in [0.15, 0.2) is 0 Å². The van der Waals surface area contributed by atoms with Crippen molar-refractivity contribution in [1.29, 1.82) is 0 Å². The molecule has 1 atom stereocenters. The average molecular weight is 284 g/mol. The van der Waals surface area contributed by atoms with Crippen LogP contribution in [0.5, 0.6) is 0 Å². The highest BCUT2D eigenvalue weighted by Gasteiger charge is 2.14. The number of rotatable bonds is 6. The summed E-state index contributed by atoms with van der Waals surface area (Å²) in [6, 6.07) is 14.0. The molecule has 0 aliphatic heterocycles. The summed E-state index contributed by atoms with van der Waals surface area (Å²) >= 11 is 0. The van der Waals surface area contributed by atoms with E-state index in [0.717, 1.165) is 22.9 Å². The lowest BCUT2D eigenvalue weighted by molar-refractivity contribution is -0.117. The van der Waals surface area contributed by atoms with E-state index in [1.165, 1.54) is 0 Å². The molecule has 0 saturated heterocycles. The van der Waals surface area contributed by atoms with Crippen LogP contribution >= 0.6 is 0 Å². The lowest BCUT2D eigenvalue weighted by Gasteiger charge is -2.17. The van der Waals surface area contributed by atoms with Crippen LogP contribution < -0.4 is 11.1 Å². The van der Waals surface area contributed by atoms with E-state index in [4.69, 9.17) is 5.73 Å². The molecule has 2 aromatic carbocycles. The van der Waals surface area contributed by atoms with Gasteiger partial charge in [0.1, 0.15) is 0 Å². The van der Waals surface area contributed by atoms with E-state index < -0.39 is 0 Å². The monoisotopic (exact) mass is 284 g/mol. The molecule has 2 aromatic rings. The number of hydrogen-bond donors (Lipinski definition) is 2. The van der Waals surface area contributed by atoms with Gasteiger partial charge >= 0.3 is 0 Å². The van der Waals surface area contributed by atoms with Gasteiger partial charge in [0.2, 0.25) is 5.91 Å². The van der Waals surface area contributed by atoms with Gasteiger partial charge in [0, 0.05) is 17.5 Å². The second-order valence-corrected chi connectivity index (χ2v) is 6.01. The Morgan fingerprint density at radius 1 is 1.14 bits per heavy atom. The van der Waals surface area contributed by atoms with Crippen molar-refractivity contribution in [3.8, 4) is 0 Å². The normalized spacial score (nSPS) is 12.6. The summed E-state index contributed by atoms with van der Waals surface area (Å²) in [6.07, 6.45) is 1.47. The van der Waals surface area contributed by atoms with E-state index in [2.05, 4.69) is 19.2 Å². The number of nitrogens with two attached hydrogens (primary N) is 1. The molecule has 0 radical (unpaired) electrons. The second kappa shape index (κ2) is 7.23. The van der Waals surface area contributed by atoms with Crippen LogP contribution in [0.25, 0.3) is 10.8 Å². The average Bonchev–Trinajstić information content (AvgIpc) is 2.46. The maximum atomic E-state index is 12.2. The first-order valence-corrected chi connectivity index (χ1v) is 7.57. The minimum Gasteiger partial charge on any atom is -0.330 e. The minimum atomic E-state index is 0.0439. The number of carbonyl (C=O) groups is 1. The highest BCUT2D eigenvalue weighted by Crippen LogP contribution is 2.23. The van der Waals surface area contributed by atoms with Crippen LogP contribution in [-0.2, 0) is 4.79 Å². The summed E-state index contributed by atoms with van der Waals surface area (Å²) in [5.41, 5.74) is 6.65. The zero-order chi connectivity index (χ0) is 15.2. The van der Waals surface area contributed by atoms with Crippen molar-refractivity contribution in [3.05, 3.63) is 42.5 Å². The molecule has 3 N–H and O–H groups in total. The zero-order valence-electron chi connectivity index (χ0n) is 12.8. The molecular formula is C18H24N2O. The Hall–Kier alpha value is -1.87. The van der Waals surface area contributed by atoms with Gasteiger partial charge in [-0.05, 0) is 36.3 Å². The molecule has 0 saturated carbocycles. The molecule has 3 heteroatoms. The van der Waals surface area contributed by atoms with Crippen molar-refractivity contribution in [2.45, 2.75) is 26.7 Å². The number of benzene rings is 2. The summed E-state index contributed by atoms with van der Waals surface area (Å²) in [5.74, 6) is 0.853. The van der Waals surface area contributed by atoms with Crippen molar-refractivity contribution in [1.82, 2.24) is 0 Å². The fourth-order valence-corrected chi connectivity index (χ4v) is 2.73. The maximum absolute atomic E-state index is 12.2. The molecule has 2 rings (SSSR count). The molecule has 112 valence electrons. The Bertz CT molecular complexity index is 602. The van der Waals surface area contributed by atoms with Crippen LogP contribution in [0.15, 0.2) is 42.5 Å².